The topological polar surface area (TPSA) is 55.6 Å². The Balaban J connectivity index is 1.90. The van der Waals surface area contributed by atoms with Crippen LogP contribution in [0.4, 0.5) is 15.9 Å². The number of nitrogens with zero attached hydrogens (tertiary/aromatic N) is 4. The molecule has 2 aromatic carbocycles. The largest absolute Gasteiger partial charge is 0.338 e. The summed E-state index contributed by atoms with van der Waals surface area (Å²) in [6.45, 7) is 3.88. The van der Waals surface area contributed by atoms with E-state index in [0.717, 1.165) is 28.0 Å². The molecule has 0 unspecified atom stereocenters. The van der Waals surface area contributed by atoms with Gasteiger partial charge in [-0.15, -0.1) is 0 Å². The van der Waals surface area contributed by atoms with Crippen molar-refractivity contribution in [3.05, 3.63) is 65.7 Å². The Bertz CT molecular complexity index is 1120. The first-order valence-electron chi connectivity index (χ1n) is 8.31. The predicted molar refractivity (Wildman–Crippen MR) is 101 cm³/mol. The third kappa shape index (κ3) is 2.79. The van der Waals surface area contributed by atoms with Crippen molar-refractivity contribution in [3.63, 3.8) is 0 Å². The highest BCUT2D eigenvalue weighted by molar-refractivity contribution is 5.87. The Kier molecular flexibility index (Phi) is 3.88. The van der Waals surface area contributed by atoms with Gasteiger partial charge in [-0.3, -0.25) is 0 Å². The minimum Gasteiger partial charge on any atom is -0.338 e. The van der Waals surface area contributed by atoms with Crippen molar-refractivity contribution in [1.82, 2.24) is 19.5 Å². The Morgan fingerprint density at radius 3 is 2.58 bits per heavy atom. The number of benzene rings is 2. The van der Waals surface area contributed by atoms with E-state index in [-0.39, 0.29) is 5.82 Å². The minimum absolute atomic E-state index is 0.272. The molecule has 0 radical (unpaired) electrons. The van der Waals surface area contributed by atoms with Gasteiger partial charge in [0.1, 0.15) is 5.82 Å². The summed E-state index contributed by atoms with van der Waals surface area (Å²) in [6, 6.07) is 12.6. The molecule has 1 N–H and O–H groups in total. The van der Waals surface area contributed by atoms with Crippen molar-refractivity contribution < 1.29 is 4.39 Å². The lowest BCUT2D eigenvalue weighted by molar-refractivity contribution is 0.627. The van der Waals surface area contributed by atoms with Crippen molar-refractivity contribution in [2.24, 2.45) is 7.05 Å². The summed E-state index contributed by atoms with van der Waals surface area (Å²) in [4.78, 5) is 13.8. The Labute approximate surface area is 150 Å². The number of imidazole rings is 1. The van der Waals surface area contributed by atoms with Crippen LogP contribution < -0.4 is 5.32 Å². The molecular formula is C20H18FN5. The van der Waals surface area contributed by atoms with Crippen molar-refractivity contribution in [2.75, 3.05) is 5.32 Å². The van der Waals surface area contributed by atoms with Crippen LogP contribution >= 0.6 is 0 Å². The van der Waals surface area contributed by atoms with Crippen LogP contribution in [-0.4, -0.2) is 19.5 Å². The summed E-state index contributed by atoms with van der Waals surface area (Å²) in [7, 11) is 1.89. The first kappa shape index (κ1) is 16.2. The molecule has 2 aromatic heterocycles. The van der Waals surface area contributed by atoms with Crippen LogP contribution in [0.5, 0.6) is 0 Å². The molecule has 0 saturated heterocycles. The molecule has 0 fully saturated rings. The molecule has 0 aliphatic heterocycles. The number of para-hydroxylation sites is 1. The molecule has 0 atom stereocenters. The number of anilines is 2. The second-order valence-electron chi connectivity index (χ2n) is 6.32. The van der Waals surface area contributed by atoms with Gasteiger partial charge in [0.15, 0.2) is 22.8 Å². The molecule has 0 saturated carbocycles. The molecule has 0 spiro atoms. The number of aromatic nitrogens is 4. The lowest BCUT2D eigenvalue weighted by Crippen LogP contribution is -2.02. The summed E-state index contributed by atoms with van der Waals surface area (Å²) < 4.78 is 15.3. The van der Waals surface area contributed by atoms with E-state index < -0.39 is 0 Å². The van der Waals surface area contributed by atoms with Gasteiger partial charge in [-0.25, -0.2) is 19.3 Å². The van der Waals surface area contributed by atoms with E-state index in [0.29, 0.717) is 17.2 Å². The zero-order valence-corrected chi connectivity index (χ0v) is 14.8. The van der Waals surface area contributed by atoms with Crippen LogP contribution in [0.15, 0.2) is 48.8 Å². The normalized spacial score (nSPS) is 11.1. The molecule has 130 valence electrons. The van der Waals surface area contributed by atoms with Crippen molar-refractivity contribution in [2.45, 2.75) is 13.8 Å². The fraction of sp³-hybridized carbons (Fsp3) is 0.150. The van der Waals surface area contributed by atoms with Gasteiger partial charge in [0.25, 0.3) is 0 Å². The molecule has 0 bridgehead atoms. The van der Waals surface area contributed by atoms with Gasteiger partial charge in [-0.2, -0.15) is 0 Å². The number of aryl methyl sites for hydroxylation is 3. The number of nitrogens with one attached hydrogen (secondary N) is 1. The maximum atomic E-state index is 13.5. The molecule has 2 heterocycles. The lowest BCUT2D eigenvalue weighted by atomic mass is 10.1. The Morgan fingerprint density at radius 1 is 1.00 bits per heavy atom. The van der Waals surface area contributed by atoms with Crippen LogP contribution in [0.25, 0.3) is 22.6 Å². The van der Waals surface area contributed by atoms with E-state index in [9.17, 15) is 4.39 Å². The van der Waals surface area contributed by atoms with Crippen molar-refractivity contribution in [1.29, 1.82) is 0 Å². The third-order valence-corrected chi connectivity index (χ3v) is 4.39. The van der Waals surface area contributed by atoms with E-state index in [1.165, 1.54) is 12.1 Å². The maximum absolute atomic E-state index is 13.5. The van der Waals surface area contributed by atoms with Crippen LogP contribution in [0, 0.1) is 19.7 Å². The van der Waals surface area contributed by atoms with Crippen LogP contribution in [-0.2, 0) is 7.05 Å². The minimum atomic E-state index is -0.272. The second-order valence-corrected chi connectivity index (χ2v) is 6.32. The first-order valence-corrected chi connectivity index (χ1v) is 8.31. The van der Waals surface area contributed by atoms with E-state index in [1.54, 1.807) is 12.4 Å². The van der Waals surface area contributed by atoms with Gasteiger partial charge >= 0.3 is 0 Å². The maximum Gasteiger partial charge on any atom is 0.165 e. The SMILES string of the molecule is Cc1ccccc1Nc1nc(-c2ccc(F)cc2C)nc2c1ncn2C. The summed E-state index contributed by atoms with van der Waals surface area (Å²) in [5, 5.41) is 3.37. The average molecular weight is 347 g/mol. The fourth-order valence-corrected chi connectivity index (χ4v) is 2.93. The molecule has 26 heavy (non-hydrogen) atoms. The zero-order valence-electron chi connectivity index (χ0n) is 14.8. The first-order chi connectivity index (χ1) is 12.5. The average Bonchev–Trinajstić information content (AvgIpc) is 2.98. The lowest BCUT2D eigenvalue weighted by Gasteiger charge is -2.12. The summed E-state index contributed by atoms with van der Waals surface area (Å²) in [5.41, 5.74) is 5.06. The van der Waals surface area contributed by atoms with Gasteiger partial charge in [-0.1, -0.05) is 18.2 Å². The molecule has 4 aromatic rings. The summed E-state index contributed by atoms with van der Waals surface area (Å²) in [6.07, 6.45) is 1.71. The monoisotopic (exact) mass is 347 g/mol. The number of halogens is 1. The zero-order chi connectivity index (χ0) is 18.3. The standard InChI is InChI=1S/C20H18FN5/c1-12-6-4-5-7-16(12)23-19-17-20(26(3)11-22-17)25-18(24-19)15-9-8-14(21)10-13(15)2/h4-11H,1-3H3,(H,23,24,25). The molecular weight excluding hydrogens is 329 g/mol. The molecule has 4 rings (SSSR count). The van der Waals surface area contributed by atoms with Gasteiger partial charge in [0.05, 0.1) is 6.33 Å². The van der Waals surface area contributed by atoms with Gasteiger partial charge in [0.2, 0.25) is 0 Å². The molecule has 6 heteroatoms. The van der Waals surface area contributed by atoms with Crippen LogP contribution in [0.2, 0.25) is 0 Å². The van der Waals surface area contributed by atoms with Crippen LogP contribution in [0.3, 0.4) is 0 Å². The number of rotatable bonds is 3. The van der Waals surface area contributed by atoms with Crippen molar-refractivity contribution in [3.8, 4) is 11.4 Å². The molecule has 0 aliphatic rings. The number of hydrogen-bond acceptors (Lipinski definition) is 4. The smallest absolute Gasteiger partial charge is 0.165 e. The van der Waals surface area contributed by atoms with Crippen LogP contribution in [0.1, 0.15) is 11.1 Å². The third-order valence-electron chi connectivity index (χ3n) is 4.39. The summed E-state index contributed by atoms with van der Waals surface area (Å²) >= 11 is 0. The van der Waals surface area contributed by atoms with Gasteiger partial charge in [-0.05, 0) is 49.2 Å². The molecule has 5 nitrogen and oxygen atoms in total. The van der Waals surface area contributed by atoms with E-state index in [1.807, 2.05) is 49.7 Å². The van der Waals surface area contributed by atoms with Crippen molar-refractivity contribution >= 4 is 22.7 Å². The van der Waals surface area contributed by atoms with E-state index in [2.05, 4.69) is 15.3 Å². The summed E-state index contributed by atoms with van der Waals surface area (Å²) in [5.74, 6) is 0.893. The van der Waals surface area contributed by atoms with E-state index >= 15 is 0 Å². The molecule has 0 amide bonds. The van der Waals surface area contributed by atoms with Gasteiger partial charge in [0, 0.05) is 18.3 Å². The second kappa shape index (κ2) is 6.22. The van der Waals surface area contributed by atoms with Gasteiger partial charge < -0.3 is 9.88 Å². The highest BCUT2D eigenvalue weighted by Crippen LogP contribution is 2.28. The molecule has 0 aliphatic carbocycles. The highest BCUT2D eigenvalue weighted by Gasteiger charge is 2.15. The quantitative estimate of drug-likeness (QED) is 0.591. The number of fused-ring (bicyclic) bond motifs is 1. The van der Waals surface area contributed by atoms with E-state index in [4.69, 9.17) is 4.98 Å². The Hall–Kier alpha value is -3.28. The Morgan fingerprint density at radius 2 is 1.81 bits per heavy atom. The number of hydrogen-bond donors (Lipinski definition) is 1. The fourth-order valence-electron chi connectivity index (χ4n) is 2.93. The highest BCUT2D eigenvalue weighted by atomic mass is 19.1. The predicted octanol–water partition coefficient (Wildman–Crippen LogP) is 4.53.